The maximum absolute atomic E-state index is 4.62. The monoisotopic (exact) mass is 344 g/mol. The quantitative estimate of drug-likeness (QED) is 0.720. The normalized spacial score (nSPS) is 11.2. The molecule has 0 bridgehead atoms. The van der Waals surface area contributed by atoms with Gasteiger partial charge in [-0.2, -0.15) is 0 Å². The van der Waals surface area contributed by atoms with E-state index in [4.69, 9.17) is 0 Å². The van der Waals surface area contributed by atoms with Gasteiger partial charge in [0, 0.05) is 24.3 Å². The smallest absolute Gasteiger partial charge is 0.137 e. The fraction of sp³-hybridized carbons (Fsp3) is 0.250. The van der Waals surface area contributed by atoms with E-state index in [1.165, 1.54) is 5.56 Å². The number of hydrogen-bond donors (Lipinski definition) is 1. The minimum Gasteiger partial charge on any atom is -0.379 e. The van der Waals surface area contributed by atoms with Gasteiger partial charge in [-0.3, -0.25) is 0 Å². The molecule has 0 aromatic carbocycles. The summed E-state index contributed by atoms with van der Waals surface area (Å²) in [7, 11) is 0. The Hall–Kier alpha value is -1.88. The first-order valence-corrected chi connectivity index (χ1v) is 7.74. The van der Waals surface area contributed by atoms with Crippen molar-refractivity contribution in [3.63, 3.8) is 0 Å². The number of halogens is 1. The number of nitrogens with zero attached hydrogens (tertiary/aromatic N) is 3. The lowest BCUT2D eigenvalue weighted by atomic mass is 10.1. The maximum Gasteiger partial charge on any atom is 0.137 e. The lowest BCUT2D eigenvalue weighted by Gasteiger charge is -2.04. The molecule has 4 nitrogen and oxygen atoms in total. The molecule has 0 saturated carbocycles. The van der Waals surface area contributed by atoms with Crippen molar-refractivity contribution in [2.24, 2.45) is 0 Å². The number of rotatable bonds is 4. The van der Waals surface area contributed by atoms with Crippen LogP contribution in [0, 0.1) is 0 Å². The molecular weight excluding hydrogens is 328 g/mol. The number of nitrogens with one attached hydrogen (secondary N) is 1. The highest BCUT2D eigenvalue weighted by molar-refractivity contribution is 9.10. The number of hydrogen-bond acceptors (Lipinski definition) is 3. The van der Waals surface area contributed by atoms with Gasteiger partial charge in [0.1, 0.15) is 10.3 Å². The van der Waals surface area contributed by atoms with Crippen molar-refractivity contribution in [3.8, 4) is 0 Å². The fourth-order valence-electron chi connectivity index (χ4n) is 2.19. The molecule has 0 radical (unpaired) electrons. The number of pyridine rings is 2. The van der Waals surface area contributed by atoms with Gasteiger partial charge >= 0.3 is 0 Å². The Balaban J connectivity index is 1.78. The van der Waals surface area contributed by atoms with Crippen LogP contribution in [-0.4, -0.2) is 14.4 Å². The van der Waals surface area contributed by atoms with Crippen LogP contribution >= 0.6 is 15.9 Å². The zero-order valence-corrected chi connectivity index (χ0v) is 13.6. The second-order valence-corrected chi connectivity index (χ2v) is 6.15. The van der Waals surface area contributed by atoms with Crippen LogP contribution in [0.5, 0.6) is 0 Å². The molecule has 0 aliphatic carbocycles. The van der Waals surface area contributed by atoms with Crippen molar-refractivity contribution in [3.05, 3.63) is 58.7 Å². The van der Waals surface area contributed by atoms with E-state index >= 15 is 0 Å². The van der Waals surface area contributed by atoms with Gasteiger partial charge in [-0.05, 0) is 45.6 Å². The van der Waals surface area contributed by atoms with Gasteiger partial charge in [-0.25, -0.2) is 9.97 Å². The Morgan fingerprint density at radius 2 is 2.10 bits per heavy atom. The number of aromatic nitrogens is 3. The minimum atomic E-state index is 0.521. The minimum absolute atomic E-state index is 0.521. The molecule has 3 heterocycles. The van der Waals surface area contributed by atoms with Gasteiger partial charge in [0.2, 0.25) is 0 Å². The summed E-state index contributed by atoms with van der Waals surface area (Å²) in [5.74, 6) is 0.521. The Bertz CT molecular complexity index is 764. The zero-order valence-electron chi connectivity index (χ0n) is 12.0. The Labute approximate surface area is 132 Å². The first-order chi connectivity index (χ1) is 10.1. The summed E-state index contributed by atoms with van der Waals surface area (Å²) < 4.78 is 2.92. The van der Waals surface area contributed by atoms with Crippen molar-refractivity contribution in [1.82, 2.24) is 14.4 Å². The molecule has 0 saturated heterocycles. The molecule has 0 aliphatic heterocycles. The predicted octanol–water partition coefficient (Wildman–Crippen LogP) is 4.23. The van der Waals surface area contributed by atoms with E-state index in [9.17, 15) is 0 Å². The molecule has 0 aliphatic rings. The van der Waals surface area contributed by atoms with Gasteiger partial charge in [0.25, 0.3) is 0 Å². The molecule has 3 aromatic rings. The van der Waals surface area contributed by atoms with Crippen LogP contribution in [0.4, 0.5) is 5.69 Å². The summed E-state index contributed by atoms with van der Waals surface area (Å²) >= 11 is 3.37. The van der Waals surface area contributed by atoms with Crippen LogP contribution in [0.2, 0.25) is 0 Å². The SMILES string of the molecule is CC(C)c1ccc2nc(CNc3ccnc(Br)c3)cn2c1. The van der Waals surface area contributed by atoms with E-state index in [1.54, 1.807) is 6.20 Å². The van der Waals surface area contributed by atoms with Crippen LogP contribution < -0.4 is 5.32 Å². The first-order valence-electron chi connectivity index (χ1n) is 6.95. The molecule has 1 N–H and O–H groups in total. The highest BCUT2D eigenvalue weighted by Gasteiger charge is 2.05. The Morgan fingerprint density at radius 1 is 1.24 bits per heavy atom. The van der Waals surface area contributed by atoms with Gasteiger partial charge in [-0.15, -0.1) is 0 Å². The predicted molar refractivity (Wildman–Crippen MR) is 88.5 cm³/mol. The number of fused-ring (bicyclic) bond motifs is 1. The topological polar surface area (TPSA) is 42.2 Å². The summed E-state index contributed by atoms with van der Waals surface area (Å²) in [6.07, 6.45) is 6.00. The van der Waals surface area contributed by atoms with E-state index in [2.05, 4.69) is 74.0 Å². The lowest BCUT2D eigenvalue weighted by Crippen LogP contribution is -1.99. The van der Waals surface area contributed by atoms with Crippen LogP contribution in [0.3, 0.4) is 0 Å². The van der Waals surface area contributed by atoms with Gasteiger partial charge in [-0.1, -0.05) is 19.9 Å². The third-order valence-electron chi connectivity index (χ3n) is 3.39. The summed E-state index contributed by atoms with van der Waals surface area (Å²) in [4.78, 5) is 8.74. The van der Waals surface area contributed by atoms with Crippen LogP contribution in [0.25, 0.3) is 5.65 Å². The molecule has 0 atom stereocenters. The average Bonchev–Trinajstić information content (AvgIpc) is 2.87. The number of anilines is 1. The maximum atomic E-state index is 4.62. The molecule has 108 valence electrons. The number of imidazole rings is 1. The third kappa shape index (κ3) is 3.24. The molecule has 3 rings (SSSR count). The Kier molecular flexibility index (Phi) is 3.92. The second kappa shape index (κ2) is 5.85. The van der Waals surface area contributed by atoms with Crippen molar-refractivity contribution in [2.45, 2.75) is 26.3 Å². The highest BCUT2D eigenvalue weighted by Crippen LogP contribution is 2.17. The summed E-state index contributed by atoms with van der Waals surface area (Å²) in [6, 6.07) is 8.11. The van der Waals surface area contributed by atoms with Gasteiger partial charge in [0.05, 0.1) is 12.2 Å². The lowest BCUT2D eigenvalue weighted by molar-refractivity contribution is 0.853. The molecular formula is C16H17BrN4. The molecule has 0 spiro atoms. The van der Waals surface area contributed by atoms with Crippen molar-refractivity contribution >= 4 is 27.3 Å². The van der Waals surface area contributed by atoms with E-state index in [0.717, 1.165) is 21.6 Å². The van der Waals surface area contributed by atoms with Crippen molar-refractivity contribution < 1.29 is 0 Å². The van der Waals surface area contributed by atoms with E-state index in [-0.39, 0.29) is 0 Å². The summed E-state index contributed by atoms with van der Waals surface area (Å²) in [5, 5.41) is 3.35. The molecule has 5 heteroatoms. The average molecular weight is 345 g/mol. The second-order valence-electron chi connectivity index (χ2n) is 5.34. The van der Waals surface area contributed by atoms with E-state index in [0.29, 0.717) is 12.5 Å². The molecule has 21 heavy (non-hydrogen) atoms. The Morgan fingerprint density at radius 3 is 2.86 bits per heavy atom. The summed E-state index contributed by atoms with van der Waals surface area (Å²) in [6.45, 7) is 5.08. The van der Waals surface area contributed by atoms with Crippen LogP contribution in [-0.2, 0) is 6.54 Å². The van der Waals surface area contributed by atoms with Gasteiger partial charge in [0.15, 0.2) is 0 Å². The fourth-order valence-corrected chi connectivity index (χ4v) is 2.56. The largest absolute Gasteiger partial charge is 0.379 e. The molecule has 0 fully saturated rings. The van der Waals surface area contributed by atoms with Crippen LogP contribution in [0.15, 0.2) is 47.5 Å². The van der Waals surface area contributed by atoms with E-state index < -0.39 is 0 Å². The zero-order chi connectivity index (χ0) is 14.8. The van der Waals surface area contributed by atoms with E-state index in [1.807, 2.05) is 12.1 Å². The summed E-state index contributed by atoms with van der Waals surface area (Å²) in [5.41, 5.74) is 4.34. The third-order valence-corrected chi connectivity index (χ3v) is 3.82. The first kappa shape index (κ1) is 14.1. The molecule has 0 amide bonds. The molecule has 3 aromatic heterocycles. The van der Waals surface area contributed by atoms with Gasteiger partial charge < -0.3 is 9.72 Å². The highest BCUT2D eigenvalue weighted by atomic mass is 79.9. The van der Waals surface area contributed by atoms with Crippen molar-refractivity contribution in [2.75, 3.05) is 5.32 Å². The standard InChI is InChI=1S/C16H17BrN4/c1-11(2)12-3-4-16-20-14(10-21(16)9-12)8-19-13-5-6-18-15(17)7-13/h3-7,9-11H,8H2,1-2H3,(H,18,19). The van der Waals surface area contributed by atoms with Crippen molar-refractivity contribution in [1.29, 1.82) is 0 Å². The van der Waals surface area contributed by atoms with Crippen LogP contribution in [0.1, 0.15) is 31.0 Å². The molecule has 0 unspecified atom stereocenters.